The molecular weight excluding hydrogens is 240 g/mol. The zero-order valence-electron chi connectivity index (χ0n) is 9.24. The van der Waals surface area contributed by atoms with Gasteiger partial charge in [-0.05, 0) is 12.8 Å². The van der Waals surface area contributed by atoms with Crippen LogP contribution < -0.4 is 5.73 Å². The SMILES string of the molecule is NC(=NO)c1cnc(SC2CCOCC2)cn1. The van der Waals surface area contributed by atoms with E-state index in [0.29, 0.717) is 10.9 Å². The summed E-state index contributed by atoms with van der Waals surface area (Å²) in [6.07, 6.45) is 5.23. The molecule has 0 spiro atoms. The van der Waals surface area contributed by atoms with Crippen molar-refractivity contribution in [3.8, 4) is 0 Å². The lowest BCUT2D eigenvalue weighted by Crippen LogP contribution is -2.18. The highest BCUT2D eigenvalue weighted by Crippen LogP contribution is 2.27. The zero-order chi connectivity index (χ0) is 12.1. The Morgan fingerprint density at radius 2 is 2.18 bits per heavy atom. The van der Waals surface area contributed by atoms with E-state index < -0.39 is 0 Å². The number of hydrogen-bond acceptors (Lipinski definition) is 6. The Labute approximate surface area is 103 Å². The fourth-order valence-electron chi connectivity index (χ4n) is 1.53. The third kappa shape index (κ3) is 3.31. The van der Waals surface area contributed by atoms with Crippen molar-refractivity contribution in [2.75, 3.05) is 13.2 Å². The van der Waals surface area contributed by atoms with Crippen molar-refractivity contribution >= 4 is 17.6 Å². The highest BCUT2D eigenvalue weighted by molar-refractivity contribution is 7.99. The molecule has 1 aromatic heterocycles. The summed E-state index contributed by atoms with van der Waals surface area (Å²) < 4.78 is 5.29. The second kappa shape index (κ2) is 5.83. The summed E-state index contributed by atoms with van der Waals surface area (Å²) in [6, 6.07) is 0. The lowest BCUT2D eigenvalue weighted by molar-refractivity contribution is 0.1000. The number of ether oxygens (including phenoxy) is 1. The molecule has 0 saturated carbocycles. The lowest BCUT2D eigenvalue weighted by Gasteiger charge is -2.20. The van der Waals surface area contributed by atoms with Gasteiger partial charge in [0, 0.05) is 18.5 Å². The fourth-order valence-corrected chi connectivity index (χ4v) is 2.52. The molecule has 0 atom stereocenters. The van der Waals surface area contributed by atoms with Crippen LogP contribution in [0.4, 0.5) is 0 Å². The molecule has 0 amide bonds. The first-order valence-electron chi connectivity index (χ1n) is 5.34. The van der Waals surface area contributed by atoms with E-state index in [0.717, 1.165) is 31.1 Å². The Morgan fingerprint density at radius 3 is 2.76 bits per heavy atom. The first-order chi connectivity index (χ1) is 8.29. The number of hydrogen-bond donors (Lipinski definition) is 2. The number of nitrogens with two attached hydrogens (primary N) is 1. The largest absolute Gasteiger partial charge is 0.409 e. The van der Waals surface area contributed by atoms with Crippen LogP contribution in [0.1, 0.15) is 18.5 Å². The van der Waals surface area contributed by atoms with Crippen LogP contribution in [-0.2, 0) is 4.74 Å². The molecule has 0 bridgehead atoms. The molecule has 7 heteroatoms. The van der Waals surface area contributed by atoms with Crippen LogP contribution in [0.2, 0.25) is 0 Å². The molecule has 1 fully saturated rings. The summed E-state index contributed by atoms with van der Waals surface area (Å²) in [5, 5.41) is 12.8. The average molecular weight is 254 g/mol. The second-order valence-electron chi connectivity index (χ2n) is 3.65. The van der Waals surface area contributed by atoms with Gasteiger partial charge in [-0.3, -0.25) is 0 Å². The maximum absolute atomic E-state index is 8.49. The predicted octanol–water partition coefficient (Wildman–Crippen LogP) is 0.842. The summed E-state index contributed by atoms with van der Waals surface area (Å²) in [7, 11) is 0. The Hall–Kier alpha value is -1.34. The molecule has 17 heavy (non-hydrogen) atoms. The van der Waals surface area contributed by atoms with Gasteiger partial charge in [0.2, 0.25) is 0 Å². The molecule has 0 radical (unpaired) electrons. The molecule has 3 N–H and O–H groups in total. The number of amidine groups is 1. The van der Waals surface area contributed by atoms with Crippen molar-refractivity contribution in [3.05, 3.63) is 18.1 Å². The van der Waals surface area contributed by atoms with E-state index in [9.17, 15) is 0 Å². The minimum atomic E-state index is -0.0277. The first-order valence-corrected chi connectivity index (χ1v) is 6.22. The van der Waals surface area contributed by atoms with E-state index in [4.69, 9.17) is 15.7 Å². The van der Waals surface area contributed by atoms with Gasteiger partial charge >= 0.3 is 0 Å². The van der Waals surface area contributed by atoms with Crippen molar-refractivity contribution in [1.82, 2.24) is 9.97 Å². The average Bonchev–Trinajstić information content (AvgIpc) is 2.40. The molecule has 2 heterocycles. The van der Waals surface area contributed by atoms with Gasteiger partial charge in [-0.1, -0.05) is 5.16 Å². The first kappa shape index (κ1) is 12.1. The predicted molar refractivity (Wildman–Crippen MR) is 64.2 cm³/mol. The molecule has 1 saturated heterocycles. The Morgan fingerprint density at radius 1 is 1.41 bits per heavy atom. The van der Waals surface area contributed by atoms with Gasteiger partial charge in [0.05, 0.1) is 12.4 Å². The van der Waals surface area contributed by atoms with E-state index in [1.807, 2.05) is 0 Å². The molecule has 0 aromatic carbocycles. The van der Waals surface area contributed by atoms with Crippen molar-refractivity contribution in [2.24, 2.45) is 10.9 Å². The molecule has 1 aliphatic rings. The van der Waals surface area contributed by atoms with Crippen molar-refractivity contribution < 1.29 is 9.94 Å². The van der Waals surface area contributed by atoms with Crippen LogP contribution in [0, 0.1) is 0 Å². The number of thioether (sulfide) groups is 1. The maximum Gasteiger partial charge on any atom is 0.190 e. The van der Waals surface area contributed by atoms with Crippen molar-refractivity contribution in [3.63, 3.8) is 0 Å². The molecule has 1 aliphatic heterocycles. The third-order valence-corrected chi connectivity index (χ3v) is 3.71. The van der Waals surface area contributed by atoms with Crippen LogP contribution >= 0.6 is 11.8 Å². The van der Waals surface area contributed by atoms with Gasteiger partial charge in [0.15, 0.2) is 5.84 Å². The van der Waals surface area contributed by atoms with Gasteiger partial charge in [0.25, 0.3) is 0 Å². The minimum absolute atomic E-state index is 0.0277. The molecule has 0 unspecified atom stereocenters. The third-order valence-electron chi connectivity index (χ3n) is 2.45. The van der Waals surface area contributed by atoms with E-state index in [1.54, 1.807) is 18.0 Å². The molecule has 2 rings (SSSR count). The highest BCUT2D eigenvalue weighted by Gasteiger charge is 2.15. The van der Waals surface area contributed by atoms with Gasteiger partial charge in [-0.2, -0.15) is 0 Å². The van der Waals surface area contributed by atoms with Gasteiger partial charge in [0.1, 0.15) is 10.7 Å². The molecule has 92 valence electrons. The van der Waals surface area contributed by atoms with Crippen LogP contribution in [0.3, 0.4) is 0 Å². The normalized spacial score (nSPS) is 18.2. The van der Waals surface area contributed by atoms with Gasteiger partial charge < -0.3 is 15.7 Å². The smallest absolute Gasteiger partial charge is 0.190 e. The maximum atomic E-state index is 8.49. The Bertz CT molecular complexity index is 390. The van der Waals surface area contributed by atoms with Crippen LogP contribution in [-0.4, -0.2) is 39.5 Å². The zero-order valence-corrected chi connectivity index (χ0v) is 10.1. The topological polar surface area (TPSA) is 93.6 Å². The van der Waals surface area contributed by atoms with E-state index >= 15 is 0 Å². The van der Waals surface area contributed by atoms with Gasteiger partial charge in [-0.15, -0.1) is 11.8 Å². The second-order valence-corrected chi connectivity index (χ2v) is 4.98. The summed E-state index contributed by atoms with van der Waals surface area (Å²) in [4.78, 5) is 8.31. The van der Waals surface area contributed by atoms with Crippen molar-refractivity contribution in [1.29, 1.82) is 0 Å². The van der Waals surface area contributed by atoms with Crippen LogP contribution in [0.5, 0.6) is 0 Å². The minimum Gasteiger partial charge on any atom is -0.409 e. The number of nitrogens with zero attached hydrogens (tertiary/aromatic N) is 3. The number of rotatable bonds is 3. The molecule has 0 aliphatic carbocycles. The quantitative estimate of drug-likeness (QED) is 0.359. The number of aromatic nitrogens is 2. The Kier molecular flexibility index (Phi) is 4.16. The van der Waals surface area contributed by atoms with Crippen LogP contribution in [0.15, 0.2) is 22.6 Å². The van der Waals surface area contributed by atoms with E-state index in [-0.39, 0.29) is 5.84 Å². The Balaban J connectivity index is 1.97. The standard InChI is InChI=1S/C10H14N4O2S/c11-10(14-15)8-5-13-9(6-12-8)17-7-1-3-16-4-2-7/h5-7,15H,1-4H2,(H2,11,14). The fraction of sp³-hybridized carbons (Fsp3) is 0.500. The molecule has 6 nitrogen and oxygen atoms in total. The summed E-state index contributed by atoms with van der Waals surface area (Å²) in [5.74, 6) is -0.0277. The van der Waals surface area contributed by atoms with E-state index in [2.05, 4.69) is 15.1 Å². The highest BCUT2D eigenvalue weighted by atomic mass is 32.2. The summed E-state index contributed by atoms with van der Waals surface area (Å²) in [5.41, 5.74) is 5.78. The molecular formula is C10H14N4O2S. The van der Waals surface area contributed by atoms with Crippen molar-refractivity contribution in [2.45, 2.75) is 23.1 Å². The number of oxime groups is 1. The lowest BCUT2D eigenvalue weighted by atomic mass is 10.2. The molecule has 1 aromatic rings. The van der Waals surface area contributed by atoms with Crippen LogP contribution in [0.25, 0.3) is 0 Å². The summed E-state index contributed by atoms with van der Waals surface area (Å²) >= 11 is 1.70. The van der Waals surface area contributed by atoms with E-state index in [1.165, 1.54) is 6.20 Å². The monoisotopic (exact) mass is 254 g/mol. The summed E-state index contributed by atoms with van der Waals surface area (Å²) in [6.45, 7) is 1.63. The van der Waals surface area contributed by atoms with Gasteiger partial charge in [-0.25, -0.2) is 9.97 Å².